The van der Waals surface area contributed by atoms with Crippen molar-refractivity contribution in [3.05, 3.63) is 53.7 Å². The van der Waals surface area contributed by atoms with Crippen LogP contribution in [-0.4, -0.2) is 44.9 Å². The third-order valence-electron chi connectivity index (χ3n) is 4.92. The number of carbonyl (C=O) groups excluding carboxylic acids is 1. The summed E-state index contributed by atoms with van der Waals surface area (Å²) in [6.45, 7) is -4.33. The summed E-state index contributed by atoms with van der Waals surface area (Å²) in [5.41, 5.74) is 2.53. The van der Waals surface area contributed by atoms with Crippen LogP contribution in [0.2, 0.25) is 0 Å². The lowest BCUT2D eigenvalue weighted by Gasteiger charge is -2.14. The Labute approximate surface area is 179 Å². The number of carbonyl (C=O) groups is 1. The van der Waals surface area contributed by atoms with Crippen molar-refractivity contribution in [1.29, 1.82) is 0 Å². The molecular formula is C22H24FN5O2. The van der Waals surface area contributed by atoms with Gasteiger partial charge in [0.25, 0.3) is 5.91 Å². The van der Waals surface area contributed by atoms with Crippen molar-refractivity contribution in [3.63, 3.8) is 0 Å². The summed E-state index contributed by atoms with van der Waals surface area (Å²) in [6.07, 6.45) is 6.35. The highest BCUT2D eigenvalue weighted by Gasteiger charge is 2.25. The van der Waals surface area contributed by atoms with Crippen molar-refractivity contribution in [1.82, 2.24) is 20.1 Å². The summed E-state index contributed by atoms with van der Waals surface area (Å²) >= 11 is 0. The molecule has 30 heavy (non-hydrogen) atoms. The first-order valence-electron chi connectivity index (χ1n) is 11.5. The van der Waals surface area contributed by atoms with Gasteiger partial charge in [0, 0.05) is 48.7 Å². The second kappa shape index (κ2) is 8.23. The number of pyridine rings is 1. The molecule has 1 fully saturated rings. The lowest BCUT2D eigenvalue weighted by Crippen LogP contribution is -2.26. The molecule has 1 aromatic carbocycles. The van der Waals surface area contributed by atoms with Crippen molar-refractivity contribution < 1.29 is 19.8 Å². The summed E-state index contributed by atoms with van der Waals surface area (Å²) in [7, 11) is 1.70. The monoisotopic (exact) mass is 413 g/mol. The zero-order valence-corrected chi connectivity index (χ0v) is 16.5. The first-order chi connectivity index (χ1) is 15.9. The van der Waals surface area contributed by atoms with Crippen molar-refractivity contribution in [2.45, 2.75) is 25.8 Å². The fraction of sp³-hybridized carbons (Fsp3) is 0.318. The molecule has 1 saturated carbocycles. The number of anilines is 1. The van der Waals surface area contributed by atoms with Gasteiger partial charge in [-0.15, -0.1) is 0 Å². The van der Waals surface area contributed by atoms with Crippen molar-refractivity contribution in [2.24, 2.45) is 7.05 Å². The van der Waals surface area contributed by atoms with Crippen LogP contribution in [0.3, 0.4) is 0 Å². The van der Waals surface area contributed by atoms with Crippen LogP contribution >= 0.6 is 0 Å². The normalized spacial score (nSPS) is 16.3. The Morgan fingerprint density at radius 1 is 1.30 bits per heavy atom. The number of hydrogen-bond acceptors (Lipinski definition) is 5. The number of aryl methyl sites for hydroxylation is 2. The van der Waals surface area contributed by atoms with Gasteiger partial charge in [-0.2, -0.15) is 5.10 Å². The number of aromatic nitrogens is 3. The van der Waals surface area contributed by atoms with Gasteiger partial charge in [-0.25, -0.2) is 9.37 Å². The Balaban J connectivity index is 1.80. The van der Waals surface area contributed by atoms with Crippen molar-refractivity contribution >= 4 is 11.7 Å². The molecule has 0 spiro atoms. The summed E-state index contributed by atoms with van der Waals surface area (Å²) in [5.74, 6) is -1.14. The Hall–Kier alpha value is -3.26. The maximum absolute atomic E-state index is 14.6. The van der Waals surface area contributed by atoms with Crippen molar-refractivity contribution in [3.8, 4) is 22.3 Å². The molecule has 7 nitrogen and oxygen atoms in total. The number of benzene rings is 1. The molecule has 2 aromatic heterocycles. The summed E-state index contributed by atoms with van der Waals surface area (Å²) in [5, 5.41) is 18.8. The minimum atomic E-state index is -3.18. The largest absolute Gasteiger partial charge is 0.395 e. The first-order valence-corrected chi connectivity index (χ1v) is 9.47. The SMILES string of the molecule is [2H]C([2H])(O)C([2H])([2H])Nc1ncc(-c2cc(C(=O)NC3CC3)c(F)cc2C)cc1-c1cnn(C)c1. The third-order valence-corrected chi connectivity index (χ3v) is 4.92. The summed E-state index contributed by atoms with van der Waals surface area (Å²) in [4.78, 5) is 16.8. The summed E-state index contributed by atoms with van der Waals surface area (Å²) in [6, 6.07) is 4.48. The first kappa shape index (κ1) is 15.6. The molecule has 3 aromatic rings. The van der Waals surface area contributed by atoms with E-state index in [2.05, 4.69) is 20.7 Å². The van der Waals surface area contributed by atoms with E-state index in [1.807, 2.05) is 0 Å². The lowest BCUT2D eigenvalue weighted by atomic mass is 9.96. The minimum Gasteiger partial charge on any atom is -0.395 e. The van der Waals surface area contributed by atoms with Crippen LogP contribution in [0, 0.1) is 12.7 Å². The van der Waals surface area contributed by atoms with E-state index < -0.39 is 24.8 Å². The van der Waals surface area contributed by atoms with Crippen LogP contribution in [0.15, 0.2) is 36.8 Å². The molecule has 1 aliphatic rings. The molecule has 0 saturated heterocycles. The van der Waals surface area contributed by atoms with Crippen molar-refractivity contribution in [2.75, 3.05) is 18.4 Å². The standard InChI is InChI=1S/C22H24FN5O2/c1-13-7-20(23)19(22(30)27-16-3-4-16)9-17(13)14-8-18(15-11-26-28(2)12-15)21(25-10-14)24-5-6-29/h7-12,16,29H,3-6H2,1-2H3,(H,24,25)(H,27,30)/i5D2,6D2. The Morgan fingerprint density at radius 3 is 2.77 bits per heavy atom. The van der Waals surface area contributed by atoms with Gasteiger partial charge >= 0.3 is 0 Å². The maximum atomic E-state index is 14.6. The number of aliphatic hydroxyl groups is 1. The van der Waals surface area contributed by atoms with E-state index in [1.165, 1.54) is 29.2 Å². The van der Waals surface area contributed by atoms with Gasteiger partial charge in [0.1, 0.15) is 11.6 Å². The number of hydrogen-bond donors (Lipinski definition) is 3. The third kappa shape index (κ3) is 4.18. The molecule has 0 bridgehead atoms. The van der Waals surface area contributed by atoms with E-state index in [4.69, 9.17) is 5.48 Å². The van der Waals surface area contributed by atoms with Crippen LogP contribution in [0.4, 0.5) is 10.2 Å². The van der Waals surface area contributed by atoms with Gasteiger partial charge in [0.2, 0.25) is 0 Å². The predicted octanol–water partition coefficient (Wildman–Crippen LogP) is 2.89. The highest BCUT2D eigenvalue weighted by atomic mass is 19.1. The highest BCUT2D eigenvalue weighted by molar-refractivity contribution is 5.96. The van der Waals surface area contributed by atoms with E-state index in [1.54, 1.807) is 26.2 Å². The van der Waals surface area contributed by atoms with E-state index in [-0.39, 0.29) is 17.4 Å². The molecule has 156 valence electrons. The number of nitrogens with one attached hydrogen (secondary N) is 2. The van der Waals surface area contributed by atoms with Gasteiger partial charge in [0.15, 0.2) is 0 Å². The molecule has 4 rings (SSSR count). The molecule has 2 heterocycles. The molecule has 1 aliphatic carbocycles. The zero-order valence-electron chi connectivity index (χ0n) is 20.5. The second-order valence-corrected chi connectivity index (χ2v) is 7.28. The maximum Gasteiger partial charge on any atom is 0.254 e. The van der Waals surface area contributed by atoms with E-state index in [0.29, 0.717) is 27.8 Å². The molecule has 0 aliphatic heterocycles. The van der Waals surface area contributed by atoms with Gasteiger partial charge in [-0.3, -0.25) is 9.48 Å². The second-order valence-electron chi connectivity index (χ2n) is 7.28. The Morgan fingerprint density at radius 2 is 2.10 bits per heavy atom. The smallest absolute Gasteiger partial charge is 0.254 e. The van der Waals surface area contributed by atoms with Crippen LogP contribution < -0.4 is 10.6 Å². The molecule has 0 radical (unpaired) electrons. The average molecular weight is 413 g/mol. The number of amides is 1. The van der Waals surface area contributed by atoms with Crippen LogP contribution in [0.25, 0.3) is 22.3 Å². The topological polar surface area (TPSA) is 92.1 Å². The van der Waals surface area contributed by atoms with Crippen LogP contribution in [0.5, 0.6) is 0 Å². The highest BCUT2D eigenvalue weighted by Crippen LogP contribution is 2.33. The Bertz CT molecular complexity index is 1250. The van der Waals surface area contributed by atoms with E-state index >= 15 is 0 Å². The van der Waals surface area contributed by atoms with Gasteiger partial charge in [0.05, 0.1) is 23.8 Å². The predicted molar refractivity (Wildman–Crippen MR) is 113 cm³/mol. The number of rotatable bonds is 7. The molecule has 3 N–H and O–H groups in total. The minimum absolute atomic E-state index is 0.0221. The van der Waals surface area contributed by atoms with Gasteiger partial charge in [-0.1, -0.05) is 0 Å². The fourth-order valence-electron chi connectivity index (χ4n) is 3.23. The van der Waals surface area contributed by atoms with Crippen LogP contribution in [-0.2, 0) is 7.05 Å². The van der Waals surface area contributed by atoms with Gasteiger partial charge < -0.3 is 15.7 Å². The van der Waals surface area contributed by atoms with Gasteiger partial charge in [-0.05, 0) is 49.1 Å². The Kier molecular flexibility index (Phi) is 4.27. The van der Waals surface area contributed by atoms with E-state index in [9.17, 15) is 14.3 Å². The molecule has 1 amide bonds. The molecule has 0 atom stereocenters. The average Bonchev–Trinajstić information content (AvgIpc) is 3.44. The van der Waals surface area contributed by atoms with E-state index in [0.717, 1.165) is 12.8 Å². The molecule has 8 heteroatoms. The zero-order chi connectivity index (χ0) is 24.8. The molecule has 0 unspecified atom stereocenters. The quantitative estimate of drug-likeness (QED) is 0.554. The fourth-order valence-corrected chi connectivity index (χ4v) is 3.23. The number of nitrogens with zero attached hydrogens (tertiary/aromatic N) is 3. The molecular weight excluding hydrogens is 385 g/mol. The summed E-state index contributed by atoms with van der Waals surface area (Å²) < 4.78 is 46.6. The lowest BCUT2D eigenvalue weighted by molar-refractivity contribution is 0.0947. The van der Waals surface area contributed by atoms with Crippen LogP contribution in [0.1, 0.15) is 34.2 Å². The number of halogens is 1.